The molecule has 1 spiro atoms. The summed E-state index contributed by atoms with van der Waals surface area (Å²) < 4.78 is 4.24. The summed E-state index contributed by atoms with van der Waals surface area (Å²) >= 11 is 4.44. The number of hydrogen-bond donors (Lipinski definition) is 0. The third-order valence-corrected chi connectivity index (χ3v) is 9.85. The van der Waals surface area contributed by atoms with Crippen molar-refractivity contribution < 1.29 is 14.5 Å². The lowest BCUT2D eigenvalue weighted by Crippen LogP contribution is -2.51. The van der Waals surface area contributed by atoms with Crippen molar-refractivity contribution >= 4 is 68.9 Å². The Morgan fingerprint density at radius 1 is 0.923 bits per heavy atom. The molecule has 0 bridgehead atoms. The van der Waals surface area contributed by atoms with Crippen LogP contribution in [-0.4, -0.2) is 27.3 Å². The molecular weight excluding hydrogens is 553 g/mol. The van der Waals surface area contributed by atoms with E-state index in [1.54, 1.807) is 40.5 Å². The molecule has 3 aromatic carbocycles. The first-order valence-corrected chi connectivity index (χ1v) is 14.3. The number of rotatable bonds is 6. The van der Waals surface area contributed by atoms with Crippen LogP contribution in [0.1, 0.15) is 10.4 Å². The van der Waals surface area contributed by atoms with Gasteiger partial charge in [0.05, 0.1) is 27.5 Å². The zero-order valence-electron chi connectivity index (χ0n) is 20.5. The number of methoxy groups -OCH3 is 1. The summed E-state index contributed by atoms with van der Waals surface area (Å²) in [7, 11) is 1.61. The Hall–Kier alpha value is -4.06. The molecule has 1 aromatic heterocycles. The zero-order valence-corrected chi connectivity index (χ0v) is 22.9. The van der Waals surface area contributed by atoms with Crippen molar-refractivity contribution in [1.29, 1.82) is 0 Å². The zero-order chi connectivity index (χ0) is 27.0. The Morgan fingerprint density at radius 3 is 2.31 bits per heavy atom. The molecule has 8 nitrogen and oxygen atoms in total. The Bertz CT molecular complexity index is 1590. The lowest BCUT2D eigenvalue weighted by molar-refractivity contribution is -0.384. The van der Waals surface area contributed by atoms with Gasteiger partial charge in [0.25, 0.3) is 11.6 Å². The van der Waals surface area contributed by atoms with Crippen molar-refractivity contribution in [3.05, 3.63) is 122 Å². The van der Waals surface area contributed by atoms with Gasteiger partial charge < -0.3 is 4.74 Å². The predicted octanol–water partition coefficient (Wildman–Crippen LogP) is 7.01. The average molecular weight is 573 g/mol. The number of carbonyl (C=O) groups excluding carboxylic acids is 1. The monoisotopic (exact) mass is 572 g/mol. The molecule has 2 aliphatic heterocycles. The second-order valence-electron chi connectivity index (χ2n) is 8.48. The first kappa shape index (κ1) is 25.2. The van der Waals surface area contributed by atoms with Crippen LogP contribution in [-0.2, 0) is 4.79 Å². The fourth-order valence-electron chi connectivity index (χ4n) is 4.26. The maximum atomic E-state index is 14.1. The topological polar surface area (TPSA) is 88.3 Å². The highest BCUT2D eigenvalue weighted by molar-refractivity contribution is 8.28. The maximum Gasteiger partial charge on any atom is 0.269 e. The van der Waals surface area contributed by atoms with Crippen LogP contribution in [0.25, 0.3) is 6.08 Å². The lowest BCUT2D eigenvalue weighted by Gasteiger charge is -2.38. The van der Waals surface area contributed by atoms with Crippen LogP contribution in [0, 0.1) is 10.1 Å². The smallest absolute Gasteiger partial charge is 0.269 e. The molecule has 1 unspecified atom stereocenters. The van der Waals surface area contributed by atoms with Crippen LogP contribution in [0.3, 0.4) is 0 Å². The quantitative estimate of drug-likeness (QED) is 0.139. The molecule has 1 atom stereocenters. The number of para-hydroxylation sites is 1. The molecule has 0 aliphatic carbocycles. The minimum absolute atomic E-state index is 0.0164. The third-order valence-electron chi connectivity index (χ3n) is 6.09. The van der Waals surface area contributed by atoms with Crippen molar-refractivity contribution in [2.45, 2.75) is 4.33 Å². The van der Waals surface area contributed by atoms with Crippen molar-refractivity contribution in [2.75, 3.05) is 17.0 Å². The van der Waals surface area contributed by atoms with E-state index in [0.717, 1.165) is 26.9 Å². The van der Waals surface area contributed by atoms with Crippen LogP contribution in [0.15, 0.2) is 106 Å². The van der Waals surface area contributed by atoms with Gasteiger partial charge in [-0.25, -0.2) is 5.01 Å². The van der Waals surface area contributed by atoms with Gasteiger partial charge in [-0.05, 0) is 71.2 Å². The number of benzene rings is 3. The third kappa shape index (κ3) is 4.58. The van der Waals surface area contributed by atoms with Crippen LogP contribution in [0.4, 0.5) is 17.1 Å². The minimum atomic E-state index is -1.04. The van der Waals surface area contributed by atoms with Gasteiger partial charge in [-0.2, -0.15) is 5.10 Å². The molecule has 1 amide bonds. The Labute approximate surface area is 236 Å². The van der Waals surface area contributed by atoms with Gasteiger partial charge in [-0.1, -0.05) is 48.2 Å². The molecule has 194 valence electrons. The molecule has 4 aromatic rings. The van der Waals surface area contributed by atoms with Gasteiger partial charge in [0.15, 0.2) is 0 Å². The molecule has 2 aliphatic rings. The van der Waals surface area contributed by atoms with Crippen molar-refractivity contribution in [1.82, 2.24) is 0 Å². The van der Waals surface area contributed by atoms with Gasteiger partial charge in [0.1, 0.15) is 10.8 Å². The molecule has 1 saturated heterocycles. The predicted molar refractivity (Wildman–Crippen MR) is 159 cm³/mol. The highest BCUT2D eigenvalue weighted by atomic mass is 32.2. The van der Waals surface area contributed by atoms with E-state index in [1.807, 2.05) is 78.2 Å². The van der Waals surface area contributed by atoms with E-state index < -0.39 is 9.25 Å². The molecular formula is C28H20N4O4S3. The number of non-ortho nitro benzene ring substituents is 1. The normalized spacial score (nSPS) is 19.7. The second-order valence-corrected chi connectivity index (χ2v) is 12.1. The van der Waals surface area contributed by atoms with E-state index in [-0.39, 0.29) is 11.6 Å². The number of nitro benzene ring substituents is 1. The number of hydrogen-bond acceptors (Lipinski definition) is 9. The summed E-state index contributed by atoms with van der Waals surface area (Å²) in [6.45, 7) is 0. The number of anilines is 2. The van der Waals surface area contributed by atoms with Crippen molar-refractivity contribution in [3.63, 3.8) is 0 Å². The van der Waals surface area contributed by atoms with E-state index in [0.29, 0.717) is 10.6 Å². The summed E-state index contributed by atoms with van der Waals surface area (Å²) in [6, 6.07) is 27.2. The standard InChI is InChI=1S/C28H20N4O4S3/c1-36-23-15-9-19(10-16-23)18-25-27(33)30(20-6-3-2-4-7-20)28(38-25)31(21-11-13-22(14-12-21)32(34)35)29-26(39-28)24-8-5-17-37-24/h2-18H,1H3. The second kappa shape index (κ2) is 10.3. The molecule has 1 fully saturated rings. The van der Waals surface area contributed by atoms with Crippen molar-refractivity contribution in [3.8, 4) is 5.75 Å². The lowest BCUT2D eigenvalue weighted by atomic mass is 10.2. The largest absolute Gasteiger partial charge is 0.497 e. The molecule has 0 saturated carbocycles. The molecule has 0 radical (unpaired) electrons. The summed E-state index contributed by atoms with van der Waals surface area (Å²) in [5.74, 6) is 0.568. The molecule has 3 heterocycles. The summed E-state index contributed by atoms with van der Waals surface area (Å²) in [5, 5.41) is 20.8. The fraction of sp³-hybridized carbons (Fsp3) is 0.0714. The number of nitrogens with zero attached hydrogens (tertiary/aromatic N) is 4. The van der Waals surface area contributed by atoms with E-state index >= 15 is 0 Å². The van der Waals surface area contributed by atoms with Crippen LogP contribution in [0.5, 0.6) is 5.75 Å². The number of thiophene rings is 1. The van der Waals surface area contributed by atoms with Crippen LogP contribution < -0.4 is 14.6 Å². The number of thioether (sulfide) groups is 2. The first-order valence-electron chi connectivity index (χ1n) is 11.8. The SMILES string of the molecule is COc1ccc(C=C2SC3(SC(c4cccs4)=NN3c3ccc([N+](=O)[O-])cc3)N(c3ccccc3)C2=O)cc1. The summed E-state index contributed by atoms with van der Waals surface area (Å²) in [5.41, 5.74) is 2.19. The highest BCUT2D eigenvalue weighted by Crippen LogP contribution is 2.60. The summed E-state index contributed by atoms with van der Waals surface area (Å²) in [4.78, 5) is 28.3. The highest BCUT2D eigenvalue weighted by Gasteiger charge is 2.59. The molecule has 0 N–H and O–H groups in total. The van der Waals surface area contributed by atoms with Gasteiger partial charge in [-0.15, -0.1) is 11.3 Å². The van der Waals surface area contributed by atoms with Gasteiger partial charge >= 0.3 is 0 Å². The van der Waals surface area contributed by atoms with E-state index in [1.165, 1.54) is 35.7 Å². The van der Waals surface area contributed by atoms with E-state index in [9.17, 15) is 14.9 Å². The minimum Gasteiger partial charge on any atom is -0.497 e. The van der Waals surface area contributed by atoms with Crippen LogP contribution in [0.2, 0.25) is 0 Å². The molecule has 39 heavy (non-hydrogen) atoms. The first-order chi connectivity index (χ1) is 19.0. The Morgan fingerprint density at radius 2 is 1.67 bits per heavy atom. The maximum absolute atomic E-state index is 14.1. The van der Waals surface area contributed by atoms with Crippen LogP contribution >= 0.6 is 34.9 Å². The van der Waals surface area contributed by atoms with Crippen molar-refractivity contribution in [2.24, 2.45) is 5.10 Å². The average Bonchev–Trinajstić information content (AvgIpc) is 3.69. The number of carbonyl (C=O) groups is 1. The number of amides is 1. The number of ether oxygens (including phenoxy) is 1. The Kier molecular flexibility index (Phi) is 6.63. The number of nitro groups is 1. The molecule has 6 rings (SSSR count). The van der Waals surface area contributed by atoms with E-state index in [2.05, 4.69) is 0 Å². The van der Waals surface area contributed by atoms with Gasteiger partial charge in [0.2, 0.25) is 4.33 Å². The van der Waals surface area contributed by atoms with E-state index in [4.69, 9.17) is 9.84 Å². The number of hydrazone groups is 1. The van der Waals surface area contributed by atoms with Gasteiger partial charge in [0, 0.05) is 17.8 Å². The summed E-state index contributed by atoms with van der Waals surface area (Å²) in [6.07, 6.45) is 1.87. The fourth-order valence-corrected chi connectivity index (χ4v) is 8.03. The van der Waals surface area contributed by atoms with Gasteiger partial charge in [-0.3, -0.25) is 19.8 Å². The molecule has 11 heteroatoms. The Balaban J connectivity index is 1.50.